The van der Waals surface area contributed by atoms with Gasteiger partial charge in [0.05, 0.1) is 34.0 Å². The molecule has 0 amide bonds. The van der Waals surface area contributed by atoms with Crippen LogP contribution < -0.4 is 18.9 Å². The SMILES string of the molecule is COc1cc2c(c(O)c1OC)-c1c(cc(O)c(OC)c1OC)[C@H](OC(C)=O)[C@H](C)[C@H](C)[C@H]2OC(=O)c1ccccc1. The van der Waals surface area contributed by atoms with Crippen molar-refractivity contribution in [3.63, 3.8) is 0 Å². The fourth-order valence-corrected chi connectivity index (χ4v) is 5.40. The van der Waals surface area contributed by atoms with Gasteiger partial charge in [-0.25, -0.2) is 4.79 Å². The summed E-state index contributed by atoms with van der Waals surface area (Å²) in [5, 5.41) is 22.7. The molecule has 4 rings (SSSR count). The maximum absolute atomic E-state index is 13.4. The van der Waals surface area contributed by atoms with Crippen LogP contribution in [0, 0.1) is 11.8 Å². The summed E-state index contributed by atoms with van der Waals surface area (Å²) in [5.74, 6) is -2.41. The lowest BCUT2D eigenvalue weighted by molar-refractivity contribution is -0.151. The van der Waals surface area contributed by atoms with E-state index in [1.807, 2.05) is 13.8 Å². The normalized spacial score (nSPS) is 19.5. The van der Waals surface area contributed by atoms with Crippen molar-refractivity contribution in [3.8, 4) is 45.6 Å². The molecule has 2 N–H and O–H groups in total. The maximum atomic E-state index is 13.4. The minimum absolute atomic E-state index is 0.00735. The van der Waals surface area contributed by atoms with Crippen molar-refractivity contribution in [3.05, 3.63) is 59.2 Å². The average molecular weight is 567 g/mol. The van der Waals surface area contributed by atoms with E-state index in [4.69, 9.17) is 28.4 Å². The molecule has 0 saturated heterocycles. The lowest BCUT2D eigenvalue weighted by atomic mass is 9.74. The number of esters is 2. The summed E-state index contributed by atoms with van der Waals surface area (Å²) in [5.41, 5.74) is 1.52. The number of phenolic OH excluding ortho intramolecular Hbond substituents is 2. The Bertz CT molecular complexity index is 1450. The van der Waals surface area contributed by atoms with Crippen LogP contribution in [0.25, 0.3) is 11.1 Å². The number of hydrogen-bond acceptors (Lipinski definition) is 10. The Morgan fingerprint density at radius 1 is 0.707 bits per heavy atom. The van der Waals surface area contributed by atoms with Gasteiger partial charge in [-0.15, -0.1) is 0 Å². The molecule has 1 aliphatic rings. The van der Waals surface area contributed by atoms with Gasteiger partial charge < -0.3 is 38.6 Å². The number of fused-ring (bicyclic) bond motifs is 3. The van der Waals surface area contributed by atoms with Crippen molar-refractivity contribution in [1.82, 2.24) is 0 Å². The van der Waals surface area contributed by atoms with Gasteiger partial charge >= 0.3 is 11.9 Å². The predicted octanol–water partition coefficient (Wildman–Crippen LogP) is 5.59. The highest BCUT2D eigenvalue weighted by atomic mass is 16.6. The Kier molecular flexibility index (Phi) is 8.51. The molecule has 0 aromatic heterocycles. The van der Waals surface area contributed by atoms with E-state index in [1.54, 1.807) is 36.4 Å². The van der Waals surface area contributed by atoms with Crippen LogP contribution in [-0.4, -0.2) is 50.6 Å². The Labute approximate surface area is 238 Å². The third-order valence-electron chi connectivity index (χ3n) is 7.51. The molecule has 1 aliphatic carbocycles. The van der Waals surface area contributed by atoms with Gasteiger partial charge in [0.1, 0.15) is 12.2 Å². The summed E-state index contributed by atoms with van der Waals surface area (Å²) in [6, 6.07) is 11.6. The fraction of sp³-hybridized carbons (Fsp3) is 0.355. The van der Waals surface area contributed by atoms with Crippen LogP contribution in [0.1, 0.15) is 54.5 Å². The number of methoxy groups -OCH3 is 4. The number of benzene rings is 3. The van der Waals surface area contributed by atoms with Crippen molar-refractivity contribution in [2.24, 2.45) is 11.8 Å². The molecule has 218 valence electrons. The summed E-state index contributed by atoms with van der Waals surface area (Å²) < 4.78 is 34.3. The summed E-state index contributed by atoms with van der Waals surface area (Å²) in [6.45, 7) is 4.99. The Morgan fingerprint density at radius 2 is 1.27 bits per heavy atom. The molecule has 4 atom stereocenters. The molecule has 0 aliphatic heterocycles. The highest BCUT2D eigenvalue weighted by Gasteiger charge is 2.43. The van der Waals surface area contributed by atoms with Crippen molar-refractivity contribution in [2.75, 3.05) is 28.4 Å². The number of hydrogen-bond donors (Lipinski definition) is 2. The van der Waals surface area contributed by atoms with E-state index in [9.17, 15) is 19.8 Å². The molecule has 0 radical (unpaired) electrons. The van der Waals surface area contributed by atoms with Crippen LogP contribution in [0.4, 0.5) is 0 Å². The van der Waals surface area contributed by atoms with Gasteiger partial charge in [-0.2, -0.15) is 0 Å². The van der Waals surface area contributed by atoms with E-state index in [1.165, 1.54) is 41.4 Å². The van der Waals surface area contributed by atoms with Gasteiger partial charge in [-0.3, -0.25) is 4.79 Å². The lowest BCUT2D eigenvalue weighted by Crippen LogP contribution is -2.31. The standard InChI is InChI=1S/C31H34O10/c1-15-16(2)27(41-31(35)18-11-9-8-10-12-18)20-14-22(36-4)29(38-6)25(34)23(20)24-19(26(15)40-17(3)32)13-21(33)28(37-5)30(24)39-7/h8-16,26-27,33-34H,1-7H3/t15-,16+,26-,27-/m1/s1. The van der Waals surface area contributed by atoms with Gasteiger partial charge in [0.25, 0.3) is 0 Å². The van der Waals surface area contributed by atoms with Crippen molar-refractivity contribution in [2.45, 2.75) is 33.0 Å². The van der Waals surface area contributed by atoms with Crippen LogP contribution in [0.15, 0.2) is 42.5 Å². The van der Waals surface area contributed by atoms with Crippen molar-refractivity contribution < 1.29 is 48.2 Å². The third-order valence-corrected chi connectivity index (χ3v) is 7.51. The fourth-order valence-electron chi connectivity index (χ4n) is 5.40. The van der Waals surface area contributed by atoms with E-state index in [-0.39, 0.29) is 45.6 Å². The Hall–Kier alpha value is -4.60. The van der Waals surface area contributed by atoms with Crippen LogP contribution >= 0.6 is 0 Å². The molecule has 41 heavy (non-hydrogen) atoms. The summed E-state index contributed by atoms with van der Waals surface area (Å²) in [4.78, 5) is 25.8. The van der Waals surface area contributed by atoms with Gasteiger partial charge in [0.15, 0.2) is 23.0 Å². The molecule has 0 heterocycles. The second-order valence-corrected chi connectivity index (χ2v) is 9.79. The van der Waals surface area contributed by atoms with Gasteiger partial charge in [0.2, 0.25) is 11.5 Å². The molecular formula is C31H34O10. The van der Waals surface area contributed by atoms with Gasteiger partial charge in [0, 0.05) is 41.0 Å². The van der Waals surface area contributed by atoms with E-state index in [2.05, 4.69) is 0 Å². The minimum Gasteiger partial charge on any atom is -0.504 e. The topological polar surface area (TPSA) is 130 Å². The number of rotatable bonds is 7. The number of ether oxygens (including phenoxy) is 6. The summed E-state index contributed by atoms with van der Waals surface area (Å²) in [7, 11) is 5.55. The second kappa shape index (κ2) is 11.9. The minimum atomic E-state index is -0.964. The first-order valence-corrected chi connectivity index (χ1v) is 13.0. The first-order chi connectivity index (χ1) is 19.6. The molecule has 10 nitrogen and oxygen atoms in total. The number of aromatic hydroxyl groups is 2. The molecule has 3 aromatic rings. The summed E-state index contributed by atoms with van der Waals surface area (Å²) in [6.07, 6.45) is -1.91. The predicted molar refractivity (Wildman–Crippen MR) is 149 cm³/mol. The molecule has 0 spiro atoms. The molecule has 10 heteroatoms. The molecule has 3 aromatic carbocycles. The van der Waals surface area contributed by atoms with Crippen LogP contribution in [-0.2, 0) is 14.3 Å². The second-order valence-electron chi connectivity index (χ2n) is 9.79. The van der Waals surface area contributed by atoms with Crippen molar-refractivity contribution >= 4 is 11.9 Å². The van der Waals surface area contributed by atoms with E-state index < -0.39 is 36.0 Å². The van der Waals surface area contributed by atoms with Crippen LogP contribution in [0.2, 0.25) is 0 Å². The highest BCUT2D eigenvalue weighted by Crippen LogP contribution is 2.59. The molecule has 0 fully saturated rings. The smallest absolute Gasteiger partial charge is 0.338 e. The van der Waals surface area contributed by atoms with E-state index >= 15 is 0 Å². The monoisotopic (exact) mass is 566 g/mol. The number of carbonyl (C=O) groups is 2. The van der Waals surface area contributed by atoms with E-state index in [0.717, 1.165) is 0 Å². The molecule has 0 bridgehead atoms. The van der Waals surface area contributed by atoms with Crippen LogP contribution in [0.5, 0.6) is 34.5 Å². The maximum Gasteiger partial charge on any atom is 0.338 e. The molecule has 0 saturated carbocycles. The zero-order valence-corrected chi connectivity index (χ0v) is 24.0. The first kappa shape index (κ1) is 29.4. The zero-order valence-electron chi connectivity index (χ0n) is 24.0. The Balaban J connectivity index is 2.15. The number of phenols is 2. The molecular weight excluding hydrogens is 532 g/mol. The van der Waals surface area contributed by atoms with E-state index in [0.29, 0.717) is 16.7 Å². The summed E-state index contributed by atoms with van der Waals surface area (Å²) >= 11 is 0. The van der Waals surface area contributed by atoms with Crippen molar-refractivity contribution in [1.29, 1.82) is 0 Å². The van der Waals surface area contributed by atoms with Gasteiger partial charge in [-0.05, 0) is 24.3 Å². The first-order valence-electron chi connectivity index (χ1n) is 13.0. The molecule has 0 unspecified atom stereocenters. The largest absolute Gasteiger partial charge is 0.504 e. The highest BCUT2D eigenvalue weighted by molar-refractivity contribution is 5.91. The zero-order chi connectivity index (χ0) is 30.0. The lowest BCUT2D eigenvalue weighted by Gasteiger charge is -2.38. The van der Waals surface area contributed by atoms with Gasteiger partial charge in [-0.1, -0.05) is 32.0 Å². The Morgan fingerprint density at radius 3 is 1.80 bits per heavy atom. The quantitative estimate of drug-likeness (QED) is 0.349. The average Bonchev–Trinajstić information content (AvgIpc) is 2.97. The number of carbonyl (C=O) groups excluding carboxylic acids is 2. The third kappa shape index (κ3) is 5.17. The van der Waals surface area contributed by atoms with Crippen LogP contribution in [0.3, 0.4) is 0 Å².